The van der Waals surface area contributed by atoms with Crippen molar-refractivity contribution in [3.63, 3.8) is 0 Å². The quantitative estimate of drug-likeness (QED) is 0.877. The zero-order valence-electron chi connectivity index (χ0n) is 11.9. The first kappa shape index (κ1) is 17.2. The summed E-state index contributed by atoms with van der Waals surface area (Å²) in [5.41, 5.74) is 6.46. The van der Waals surface area contributed by atoms with Crippen LogP contribution in [0.2, 0.25) is 10.0 Å². The van der Waals surface area contributed by atoms with Crippen LogP contribution in [0, 0.1) is 0 Å². The van der Waals surface area contributed by atoms with Crippen molar-refractivity contribution in [2.45, 2.75) is 32.5 Å². The molecule has 1 aromatic rings. The molecule has 0 aliphatic carbocycles. The number of amides is 1. The first-order valence-corrected chi connectivity index (χ1v) is 7.13. The van der Waals surface area contributed by atoms with E-state index in [4.69, 9.17) is 33.7 Å². The molecule has 0 bridgehead atoms. The molecule has 0 aliphatic heterocycles. The summed E-state index contributed by atoms with van der Waals surface area (Å²) in [6, 6.07) is 5.36. The van der Waals surface area contributed by atoms with Gasteiger partial charge >= 0.3 is 0 Å². The van der Waals surface area contributed by atoms with E-state index in [1.807, 2.05) is 19.9 Å². The van der Waals surface area contributed by atoms with E-state index in [0.29, 0.717) is 16.6 Å². The minimum absolute atomic E-state index is 0.0288. The number of rotatable bonds is 6. The first-order valence-electron chi connectivity index (χ1n) is 6.38. The minimum atomic E-state index is -0.625. The van der Waals surface area contributed by atoms with E-state index in [1.54, 1.807) is 17.0 Å². The summed E-state index contributed by atoms with van der Waals surface area (Å²) in [6.45, 7) is 4.48. The summed E-state index contributed by atoms with van der Waals surface area (Å²) >= 11 is 11.9. The van der Waals surface area contributed by atoms with Crippen LogP contribution in [0.1, 0.15) is 19.4 Å². The Kier molecular flexibility index (Phi) is 6.76. The largest absolute Gasteiger partial charge is 0.370 e. The topological polar surface area (TPSA) is 55.6 Å². The maximum Gasteiger partial charge on any atom is 0.253 e. The Labute approximate surface area is 129 Å². The number of carbonyl (C=O) groups excluding carboxylic acids is 1. The third-order valence-corrected chi connectivity index (χ3v) is 3.76. The molecule has 0 heterocycles. The van der Waals surface area contributed by atoms with Gasteiger partial charge in [0.2, 0.25) is 0 Å². The van der Waals surface area contributed by atoms with Gasteiger partial charge in [-0.05, 0) is 31.5 Å². The highest BCUT2D eigenvalue weighted by atomic mass is 35.5. The maximum atomic E-state index is 12.4. The van der Waals surface area contributed by atoms with E-state index in [9.17, 15) is 4.79 Å². The van der Waals surface area contributed by atoms with Gasteiger partial charge in [0.15, 0.2) is 0 Å². The van der Waals surface area contributed by atoms with Crippen LogP contribution in [0.3, 0.4) is 0 Å². The van der Waals surface area contributed by atoms with Crippen LogP contribution in [-0.4, -0.2) is 36.6 Å². The van der Waals surface area contributed by atoms with Crippen LogP contribution in [0.25, 0.3) is 0 Å². The maximum absolute atomic E-state index is 12.4. The lowest BCUT2D eigenvalue weighted by Crippen LogP contribution is -2.46. The van der Waals surface area contributed by atoms with Gasteiger partial charge in [-0.15, -0.1) is 0 Å². The van der Waals surface area contributed by atoms with E-state index in [2.05, 4.69) is 0 Å². The molecule has 2 N–H and O–H groups in total. The molecule has 6 heteroatoms. The Hall–Kier alpha value is -0.810. The average Bonchev–Trinajstić information content (AvgIpc) is 2.40. The van der Waals surface area contributed by atoms with Gasteiger partial charge in [0.05, 0.1) is 10.0 Å². The number of nitrogens with zero attached hydrogens (tertiary/aromatic N) is 1. The van der Waals surface area contributed by atoms with E-state index < -0.39 is 6.10 Å². The molecule has 0 aromatic heterocycles. The van der Waals surface area contributed by atoms with E-state index in [-0.39, 0.29) is 18.5 Å². The highest BCUT2D eigenvalue weighted by Gasteiger charge is 2.25. The van der Waals surface area contributed by atoms with E-state index in [1.165, 1.54) is 7.11 Å². The smallest absolute Gasteiger partial charge is 0.253 e. The highest BCUT2D eigenvalue weighted by Crippen LogP contribution is 2.23. The van der Waals surface area contributed by atoms with Crippen molar-refractivity contribution in [1.29, 1.82) is 0 Å². The van der Waals surface area contributed by atoms with Crippen molar-refractivity contribution in [3.8, 4) is 0 Å². The summed E-state index contributed by atoms with van der Waals surface area (Å²) in [5, 5.41) is 0.969. The van der Waals surface area contributed by atoms with E-state index in [0.717, 1.165) is 5.56 Å². The normalized spacial score (nSPS) is 12.6. The molecule has 1 unspecified atom stereocenters. The molecule has 0 saturated carbocycles. The molecular formula is C14H20Cl2N2O2. The Morgan fingerprint density at radius 2 is 2.00 bits per heavy atom. The fourth-order valence-corrected chi connectivity index (χ4v) is 2.15. The van der Waals surface area contributed by atoms with Crippen LogP contribution < -0.4 is 5.73 Å². The van der Waals surface area contributed by atoms with Crippen LogP contribution in [0.15, 0.2) is 18.2 Å². The molecule has 0 fully saturated rings. The number of halogens is 2. The number of benzene rings is 1. The summed E-state index contributed by atoms with van der Waals surface area (Å²) in [4.78, 5) is 14.1. The first-order chi connectivity index (χ1) is 9.40. The highest BCUT2D eigenvalue weighted by molar-refractivity contribution is 6.42. The lowest BCUT2D eigenvalue weighted by molar-refractivity contribution is -0.143. The molecule has 0 aliphatic rings. The Bertz CT molecular complexity index is 462. The van der Waals surface area contributed by atoms with Crippen molar-refractivity contribution in [1.82, 2.24) is 4.90 Å². The van der Waals surface area contributed by atoms with Crippen LogP contribution in [-0.2, 0) is 16.1 Å². The minimum Gasteiger partial charge on any atom is -0.370 e. The van der Waals surface area contributed by atoms with Gasteiger partial charge in [-0.3, -0.25) is 4.79 Å². The van der Waals surface area contributed by atoms with Crippen LogP contribution >= 0.6 is 23.2 Å². The fraction of sp³-hybridized carbons (Fsp3) is 0.500. The number of hydrogen-bond acceptors (Lipinski definition) is 3. The molecule has 1 rings (SSSR count). The van der Waals surface area contributed by atoms with Gasteiger partial charge < -0.3 is 15.4 Å². The Balaban J connectivity index is 2.92. The number of carbonyl (C=O) groups is 1. The average molecular weight is 319 g/mol. The molecule has 112 valence electrons. The number of hydrogen-bond donors (Lipinski definition) is 1. The second kappa shape index (κ2) is 7.84. The van der Waals surface area contributed by atoms with Crippen molar-refractivity contribution in [2.75, 3.05) is 13.7 Å². The van der Waals surface area contributed by atoms with Gasteiger partial charge in [0, 0.05) is 26.2 Å². The summed E-state index contributed by atoms with van der Waals surface area (Å²) in [7, 11) is 1.48. The zero-order chi connectivity index (χ0) is 15.3. The van der Waals surface area contributed by atoms with Crippen molar-refractivity contribution in [3.05, 3.63) is 33.8 Å². The summed E-state index contributed by atoms with van der Waals surface area (Å²) in [5.74, 6) is -0.129. The monoisotopic (exact) mass is 318 g/mol. The van der Waals surface area contributed by atoms with E-state index >= 15 is 0 Å². The van der Waals surface area contributed by atoms with Gasteiger partial charge in [-0.25, -0.2) is 0 Å². The fourth-order valence-electron chi connectivity index (χ4n) is 1.83. The number of ether oxygens (including phenoxy) is 1. The second-order valence-corrected chi connectivity index (χ2v) is 5.58. The molecule has 1 atom stereocenters. The zero-order valence-corrected chi connectivity index (χ0v) is 13.4. The molecule has 0 spiro atoms. The molecule has 20 heavy (non-hydrogen) atoms. The lowest BCUT2D eigenvalue weighted by atomic mass is 10.1. The van der Waals surface area contributed by atoms with Crippen molar-refractivity contribution < 1.29 is 9.53 Å². The summed E-state index contributed by atoms with van der Waals surface area (Å²) in [6.07, 6.45) is -0.625. The number of nitrogens with two attached hydrogens (primary N) is 1. The number of methoxy groups -OCH3 is 1. The molecule has 1 amide bonds. The van der Waals surface area contributed by atoms with Gasteiger partial charge in [-0.1, -0.05) is 29.3 Å². The van der Waals surface area contributed by atoms with Crippen molar-refractivity contribution >= 4 is 29.1 Å². The third kappa shape index (κ3) is 4.35. The second-order valence-electron chi connectivity index (χ2n) is 4.77. The molecule has 0 saturated heterocycles. The third-order valence-electron chi connectivity index (χ3n) is 3.02. The van der Waals surface area contributed by atoms with Crippen molar-refractivity contribution in [2.24, 2.45) is 5.73 Å². The Morgan fingerprint density at radius 3 is 2.45 bits per heavy atom. The molecule has 1 aromatic carbocycles. The van der Waals surface area contributed by atoms with Gasteiger partial charge in [-0.2, -0.15) is 0 Å². The molecular weight excluding hydrogens is 299 g/mol. The Morgan fingerprint density at radius 1 is 1.35 bits per heavy atom. The van der Waals surface area contributed by atoms with Crippen LogP contribution in [0.4, 0.5) is 0 Å². The standard InChI is InChI=1S/C14H20Cl2N2O2/c1-9(2)18(14(19)13(7-17)20-3)8-10-4-5-11(15)12(16)6-10/h4-6,9,13H,7-8,17H2,1-3H3. The van der Waals surface area contributed by atoms with Gasteiger partial charge in [0.25, 0.3) is 5.91 Å². The summed E-state index contributed by atoms with van der Waals surface area (Å²) < 4.78 is 5.11. The van der Waals surface area contributed by atoms with Gasteiger partial charge in [0.1, 0.15) is 6.10 Å². The molecule has 0 radical (unpaired) electrons. The SMILES string of the molecule is COC(CN)C(=O)N(Cc1ccc(Cl)c(Cl)c1)C(C)C. The predicted molar refractivity (Wildman–Crippen MR) is 82.0 cm³/mol. The predicted octanol–water partition coefficient (Wildman–Crippen LogP) is 2.70. The lowest BCUT2D eigenvalue weighted by Gasteiger charge is -2.30. The van der Waals surface area contributed by atoms with Crippen LogP contribution in [0.5, 0.6) is 0 Å². The molecule has 4 nitrogen and oxygen atoms in total.